The van der Waals surface area contributed by atoms with E-state index in [1.165, 1.54) is 6.20 Å². The monoisotopic (exact) mass is 262 g/mol. The van der Waals surface area contributed by atoms with Gasteiger partial charge in [-0.2, -0.15) is 0 Å². The molecule has 100 valence electrons. The molecule has 3 rings (SSSR count). The van der Waals surface area contributed by atoms with Crippen LogP contribution in [0.2, 0.25) is 0 Å². The van der Waals surface area contributed by atoms with Gasteiger partial charge in [0.25, 0.3) is 5.56 Å². The third-order valence-corrected chi connectivity index (χ3v) is 3.08. The first-order valence-electron chi connectivity index (χ1n) is 6.05. The van der Waals surface area contributed by atoms with Crippen LogP contribution >= 0.6 is 0 Å². The van der Waals surface area contributed by atoms with Crippen molar-refractivity contribution in [3.8, 4) is 5.75 Å². The highest BCUT2D eigenvalue weighted by atomic mass is 16.7. The van der Waals surface area contributed by atoms with Crippen molar-refractivity contribution >= 4 is 11.0 Å². The number of nitrogens with zero attached hydrogens (tertiary/aromatic N) is 2. The van der Waals surface area contributed by atoms with Gasteiger partial charge < -0.3 is 18.8 Å². The number of hydrogen-bond donors (Lipinski definition) is 0. The van der Waals surface area contributed by atoms with E-state index in [9.17, 15) is 4.79 Å². The van der Waals surface area contributed by atoms with E-state index in [4.69, 9.17) is 14.2 Å². The van der Waals surface area contributed by atoms with E-state index in [0.29, 0.717) is 31.0 Å². The summed E-state index contributed by atoms with van der Waals surface area (Å²) in [5.41, 5.74) is 1.27. The Balaban J connectivity index is 2.08. The van der Waals surface area contributed by atoms with Crippen molar-refractivity contribution < 1.29 is 14.2 Å². The summed E-state index contributed by atoms with van der Waals surface area (Å²) in [5.74, 6) is 0.682. The van der Waals surface area contributed by atoms with Gasteiger partial charge in [0, 0.05) is 6.07 Å². The maximum absolute atomic E-state index is 12.0. The van der Waals surface area contributed by atoms with Crippen molar-refractivity contribution in [1.29, 1.82) is 0 Å². The van der Waals surface area contributed by atoms with E-state index >= 15 is 0 Å². The first-order valence-corrected chi connectivity index (χ1v) is 6.05. The van der Waals surface area contributed by atoms with E-state index in [-0.39, 0.29) is 11.8 Å². The zero-order valence-electron chi connectivity index (χ0n) is 10.5. The molecule has 0 aliphatic carbocycles. The Morgan fingerprint density at radius 2 is 2.21 bits per heavy atom. The summed E-state index contributed by atoms with van der Waals surface area (Å²) in [6.07, 6.45) is 0.929. The normalized spacial score (nSPS) is 16.1. The molecular formula is C13H14N2O4. The first kappa shape index (κ1) is 12.1. The average Bonchev–Trinajstić information content (AvgIpc) is 2.94. The molecule has 1 aliphatic rings. The maximum Gasteiger partial charge on any atom is 0.269 e. The van der Waals surface area contributed by atoms with E-state index < -0.39 is 0 Å². The Morgan fingerprint density at radius 1 is 1.42 bits per heavy atom. The van der Waals surface area contributed by atoms with Crippen molar-refractivity contribution in [3.63, 3.8) is 0 Å². The molecule has 0 N–H and O–H groups in total. The number of benzene rings is 1. The first-order chi connectivity index (χ1) is 9.28. The van der Waals surface area contributed by atoms with Crippen LogP contribution in [0.4, 0.5) is 0 Å². The molecule has 0 unspecified atom stereocenters. The second-order valence-electron chi connectivity index (χ2n) is 4.23. The fourth-order valence-electron chi connectivity index (χ4n) is 2.12. The SMILES string of the molecule is COc1ccc2ncc(=O)n(CC3OCCO3)c2c1. The van der Waals surface area contributed by atoms with E-state index in [2.05, 4.69) is 4.98 Å². The van der Waals surface area contributed by atoms with Crippen molar-refractivity contribution in [2.24, 2.45) is 0 Å². The molecule has 6 heteroatoms. The topological polar surface area (TPSA) is 62.6 Å². The van der Waals surface area contributed by atoms with E-state index in [1.807, 2.05) is 12.1 Å². The highest BCUT2D eigenvalue weighted by Gasteiger charge is 2.18. The Bertz CT molecular complexity index is 647. The van der Waals surface area contributed by atoms with Crippen molar-refractivity contribution in [1.82, 2.24) is 9.55 Å². The fourth-order valence-corrected chi connectivity index (χ4v) is 2.12. The standard InChI is InChI=1S/C13H14N2O4/c1-17-9-2-3-10-11(6-9)15(12(16)7-14-10)8-13-18-4-5-19-13/h2-3,6-7,13H,4-5,8H2,1H3. The predicted molar refractivity (Wildman–Crippen MR) is 68.2 cm³/mol. The lowest BCUT2D eigenvalue weighted by Crippen LogP contribution is -2.27. The van der Waals surface area contributed by atoms with E-state index in [1.54, 1.807) is 17.7 Å². The Labute approximate surface area is 109 Å². The minimum Gasteiger partial charge on any atom is -0.497 e. The smallest absolute Gasteiger partial charge is 0.269 e. The summed E-state index contributed by atoms with van der Waals surface area (Å²) in [6, 6.07) is 5.42. The Kier molecular flexibility index (Phi) is 3.18. The third kappa shape index (κ3) is 2.32. The fraction of sp³-hybridized carbons (Fsp3) is 0.385. The molecule has 1 aromatic carbocycles. The van der Waals surface area contributed by atoms with Crippen LogP contribution in [0, 0.1) is 0 Å². The molecule has 0 radical (unpaired) electrons. The summed E-state index contributed by atoms with van der Waals surface area (Å²) in [6.45, 7) is 1.47. The van der Waals surface area contributed by atoms with Crippen molar-refractivity contribution in [2.75, 3.05) is 20.3 Å². The Hall–Kier alpha value is -1.92. The molecule has 1 saturated heterocycles. The molecule has 0 saturated carbocycles. The van der Waals surface area contributed by atoms with E-state index in [0.717, 1.165) is 5.52 Å². The van der Waals surface area contributed by atoms with Crippen molar-refractivity contribution in [3.05, 3.63) is 34.7 Å². The van der Waals surface area contributed by atoms with Gasteiger partial charge in [-0.3, -0.25) is 4.79 Å². The molecular weight excluding hydrogens is 248 g/mol. The van der Waals surface area contributed by atoms with Gasteiger partial charge in [0.2, 0.25) is 0 Å². The number of ether oxygens (including phenoxy) is 3. The molecule has 1 aliphatic heterocycles. The van der Waals surface area contributed by atoms with Crippen molar-refractivity contribution in [2.45, 2.75) is 12.8 Å². The third-order valence-electron chi connectivity index (χ3n) is 3.08. The number of rotatable bonds is 3. The number of hydrogen-bond acceptors (Lipinski definition) is 5. The summed E-state index contributed by atoms with van der Waals surface area (Å²) in [7, 11) is 1.59. The molecule has 2 aromatic rings. The number of aromatic nitrogens is 2. The zero-order valence-corrected chi connectivity index (χ0v) is 10.5. The molecule has 2 heterocycles. The highest BCUT2D eigenvalue weighted by molar-refractivity contribution is 5.76. The molecule has 6 nitrogen and oxygen atoms in total. The highest BCUT2D eigenvalue weighted by Crippen LogP contribution is 2.18. The van der Waals surface area contributed by atoms with Gasteiger partial charge in [0.1, 0.15) is 5.75 Å². The molecule has 1 fully saturated rings. The van der Waals surface area contributed by atoms with Crippen LogP contribution in [0.1, 0.15) is 0 Å². The second kappa shape index (κ2) is 4.99. The van der Waals surface area contributed by atoms with Crippen LogP contribution in [-0.2, 0) is 16.0 Å². The molecule has 0 bridgehead atoms. The zero-order chi connectivity index (χ0) is 13.2. The molecule has 0 amide bonds. The molecule has 1 aromatic heterocycles. The van der Waals surface area contributed by atoms with Crippen LogP contribution in [0.3, 0.4) is 0 Å². The van der Waals surface area contributed by atoms with Gasteiger partial charge >= 0.3 is 0 Å². The maximum atomic E-state index is 12.0. The lowest BCUT2D eigenvalue weighted by molar-refractivity contribution is -0.0523. The van der Waals surface area contributed by atoms with Gasteiger partial charge in [-0.05, 0) is 12.1 Å². The number of methoxy groups -OCH3 is 1. The van der Waals surface area contributed by atoms with Crippen LogP contribution in [0.25, 0.3) is 11.0 Å². The van der Waals surface area contributed by atoms with Gasteiger partial charge in [0.05, 0.1) is 44.1 Å². The number of fused-ring (bicyclic) bond motifs is 1. The van der Waals surface area contributed by atoms with Gasteiger partial charge in [-0.15, -0.1) is 0 Å². The average molecular weight is 262 g/mol. The molecule has 0 spiro atoms. The van der Waals surface area contributed by atoms with Gasteiger partial charge in [-0.1, -0.05) is 0 Å². The summed E-state index contributed by atoms with van der Waals surface area (Å²) in [5, 5.41) is 0. The summed E-state index contributed by atoms with van der Waals surface area (Å²) < 4.78 is 17.5. The van der Waals surface area contributed by atoms with Crippen LogP contribution in [-0.4, -0.2) is 36.2 Å². The molecule has 19 heavy (non-hydrogen) atoms. The lowest BCUT2D eigenvalue weighted by atomic mass is 10.2. The largest absolute Gasteiger partial charge is 0.497 e. The minimum atomic E-state index is -0.380. The van der Waals surface area contributed by atoms with Crippen LogP contribution < -0.4 is 10.3 Å². The summed E-state index contributed by atoms with van der Waals surface area (Å²) >= 11 is 0. The molecule has 0 atom stereocenters. The Morgan fingerprint density at radius 3 is 2.95 bits per heavy atom. The lowest BCUT2D eigenvalue weighted by Gasteiger charge is -2.14. The summed E-state index contributed by atoms with van der Waals surface area (Å²) in [4.78, 5) is 16.1. The van der Waals surface area contributed by atoms with Crippen LogP contribution in [0.15, 0.2) is 29.2 Å². The van der Waals surface area contributed by atoms with Gasteiger partial charge in [0.15, 0.2) is 6.29 Å². The van der Waals surface area contributed by atoms with Gasteiger partial charge in [-0.25, -0.2) is 4.98 Å². The second-order valence-corrected chi connectivity index (χ2v) is 4.23. The predicted octanol–water partition coefficient (Wildman–Crippen LogP) is 0.778. The van der Waals surface area contributed by atoms with Crippen LogP contribution in [0.5, 0.6) is 5.75 Å². The minimum absolute atomic E-state index is 0.181. The quantitative estimate of drug-likeness (QED) is 0.818.